The maximum absolute atomic E-state index is 12.9. The topological polar surface area (TPSA) is 112 Å². The van der Waals surface area contributed by atoms with E-state index in [1.807, 2.05) is 6.07 Å². The smallest absolute Gasteiger partial charge is 0.329 e. The normalized spacial score (nSPS) is 21.8. The number of carbonyl (C=O) groups excluding carboxylic acids is 3. The van der Waals surface area contributed by atoms with Crippen molar-refractivity contribution in [3.05, 3.63) is 29.8 Å². The first-order valence-corrected chi connectivity index (χ1v) is 8.99. The number of methoxy groups -OCH3 is 1. The Labute approximate surface area is 163 Å². The van der Waals surface area contributed by atoms with E-state index in [4.69, 9.17) is 18.9 Å². The molecule has 8 nitrogen and oxygen atoms in total. The monoisotopic (exact) mass is 389 g/mol. The first-order valence-electron chi connectivity index (χ1n) is 8.99. The van der Waals surface area contributed by atoms with Crippen LogP contribution in [0.15, 0.2) is 24.3 Å². The molecular formula is C20H23NO7. The lowest BCUT2D eigenvalue weighted by molar-refractivity contribution is -0.170. The molecule has 1 fully saturated rings. The van der Waals surface area contributed by atoms with Crippen LogP contribution in [0.1, 0.15) is 32.3 Å². The van der Waals surface area contributed by atoms with Crippen molar-refractivity contribution in [3.63, 3.8) is 0 Å². The van der Waals surface area contributed by atoms with Crippen LogP contribution in [-0.4, -0.2) is 44.8 Å². The molecule has 1 aliphatic rings. The second-order valence-electron chi connectivity index (χ2n) is 6.10. The number of nitrogens with zero attached hydrogens (tertiary/aromatic N) is 1. The van der Waals surface area contributed by atoms with E-state index in [1.165, 1.54) is 7.11 Å². The molecule has 0 bridgehead atoms. The first kappa shape index (κ1) is 21.2. The molecule has 8 heteroatoms. The summed E-state index contributed by atoms with van der Waals surface area (Å²) in [5.41, 5.74) is -3.78. The van der Waals surface area contributed by atoms with Gasteiger partial charge in [-0.1, -0.05) is 12.1 Å². The van der Waals surface area contributed by atoms with Gasteiger partial charge >= 0.3 is 17.9 Å². The number of carbonyl (C=O) groups is 3. The molecule has 0 spiro atoms. The first-order chi connectivity index (χ1) is 13.4. The van der Waals surface area contributed by atoms with E-state index in [0.29, 0.717) is 11.3 Å². The Kier molecular flexibility index (Phi) is 6.29. The Hall–Kier alpha value is -3.08. The third-order valence-corrected chi connectivity index (χ3v) is 4.82. The lowest BCUT2D eigenvalue weighted by atomic mass is 9.93. The summed E-state index contributed by atoms with van der Waals surface area (Å²) in [6.07, 6.45) is 0. The SMILES string of the molecule is CCOC(=O)C1(C(=O)OCC)[C@@H](c2ccc(OC)cc2)[C@]1(C#N)C(=O)OCC. The molecule has 1 saturated carbocycles. The predicted molar refractivity (Wildman–Crippen MR) is 96.1 cm³/mol. The lowest BCUT2D eigenvalue weighted by Gasteiger charge is -2.17. The molecule has 0 N–H and O–H groups in total. The summed E-state index contributed by atoms with van der Waals surface area (Å²) in [5.74, 6) is -3.49. The van der Waals surface area contributed by atoms with Crippen LogP contribution < -0.4 is 4.74 Å². The molecule has 1 aliphatic carbocycles. The molecule has 0 unspecified atom stereocenters. The summed E-state index contributed by atoms with van der Waals surface area (Å²) in [4.78, 5) is 38.7. The number of rotatable bonds is 8. The lowest BCUT2D eigenvalue weighted by Crippen LogP contribution is -2.39. The highest BCUT2D eigenvalue weighted by atomic mass is 16.6. The van der Waals surface area contributed by atoms with Gasteiger partial charge in [0, 0.05) is 5.92 Å². The van der Waals surface area contributed by atoms with Gasteiger partial charge in [0.1, 0.15) is 5.75 Å². The fourth-order valence-corrected chi connectivity index (χ4v) is 3.62. The molecule has 0 heterocycles. The van der Waals surface area contributed by atoms with Gasteiger partial charge in [-0.15, -0.1) is 0 Å². The standard InChI is InChI=1S/C20H23NO7/c1-5-26-16(22)19(12-21)15(13-8-10-14(25-4)11-9-13)20(19,17(23)27-6-2)18(24)28-7-3/h8-11,15H,5-7H2,1-4H3/t15-,19+/m0/s1. The summed E-state index contributed by atoms with van der Waals surface area (Å²) in [5, 5.41) is 9.96. The third-order valence-electron chi connectivity index (χ3n) is 4.82. The van der Waals surface area contributed by atoms with E-state index in [0.717, 1.165) is 0 Å². The van der Waals surface area contributed by atoms with Gasteiger partial charge < -0.3 is 18.9 Å². The molecular weight excluding hydrogens is 366 g/mol. The van der Waals surface area contributed by atoms with Crippen LogP contribution in [0.2, 0.25) is 0 Å². The van der Waals surface area contributed by atoms with Crippen molar-refractivity contribution in [1.29, 1.82) is 5.26 Å². The minimum absolute atomic E-state index is 0.0146. The number of benzene rings is 1. The van der Waals surface area contributed by atoms with E-state index >= 15 is 0 Å². The van der Waals surface area contributed by atoms with Crippen LogP contribution in [0.3, 0.4) is 0 Å². The van der Waals surface area contributed by atoms with E-state index in [2.05, 4.69) is 0 Å². The molecule has 1 aromatic rings. The van der Waals surface area contributed by atoms with E-state index < -0.39 is 34.7 Å². The van der Waals surface area contributed by atoms with Crippen LogP contribution in [-0.2, 0) is 28.6 Å². The Morgan fingerprint density at radius 2 is 1.39 bits per heavy atom. The molecule has 0 radical (unpaired) electrons. The van der Waals surface area contributed by atoms with Crippen LogP contribution >= 0.6 is 0 Å². The number of hydrogen-bond acceptors (Lipinski definition) is 8. The zero-order valence-electron chi connectivity index (χ0n) is 16.3. The Morgan fingerprint density at radius 1 is 0.929 bits per heavy atom. The highest BCUT2D eigenvalue weighted by Crippen LogP contribution is 2.75. The number of ether oxygens (including phenoxy) is 4. The van der Waals surface area contributed by atoms with Crippen LogP contribution in [0.25, 0.3) is 0 Å². The summed E-state index contributed by atoms with van der Waals surface area (Å²) in [7, 11) is 1.49. The summed E-state index contributed by atoms with van der Waals surface area (Å²) >= 11 is 0. The molecule has 28 heavy (non-hydrogen) atoms. The van der Waals surface area contributed by atoms with E-state index in [-0.39, 0.29) is 19.8 Å². The van der Waals surface area contributed by atoms with Crippen molar-refractivity contribution < 1.29 is 33.3 Å². The van der Waals surface area contributed by atoms with Crippen LogP contribution in [0, 0.1) is 22.2 Å². The van der Waals surface area contributed by atoms with E-state index in [9.17, 15) is 19.6 Å². The van der Waals surface area contributed by atoms with Crippen molar-refractivity contribution >= 4 is 17.9 Å². The number of hydrogen-bond donors (Lipinski definition) is 0. The minimum atomic E-state index is -2.13. The summed E-state index contributed by atoms with van der Waals surface area (Å²) in [6, 6.07) is 8.29. The fraction of sp³-hybridized carbons (Fsp3) is 0.500. The predicted octanol–water partition coefficient (Wildman–Crippen LogP) is 1.98. The number of nitriles is 1. The zero-order valence-corrected chi connectivity index (χ0v) is 16.3. The highest BCUT2D eigenvalue weighted by Gasteiger charge is 2.92. The molecule has 0 aromatic heterocycles. The minimum Gasteiger partial charge on any atom is -0.497 e. The molecule has 0 aliphatic heterocycles. The van der Waals surface area contributed by atoms with Gasteiger partial charge in [-0.2, -0.15) is 5.26 Å². The second-order valence-corrected chi connectivity index (χ2v) is 6.10. The zero-order chi connectivity index (χ0) is 20.9. The highest BCUT2D eigenvalue weighted by molar-refractivity contribution is 6.15. The van der Waals surface area contributed by atoms with Gasteiger partial charge in [0.2, 0.25) is 5.41 Å². The molecule has 150 valence electrons. The van der Waals surface area contributed by atoms with E-state index in [1.54, 1.807) is 45.0 Å². The Bertz CT molecular complexity index is 778. The maximum atomic E-state index is 12.9. The van der Waals surface area contributed by atoms with Crippen LogP contribution in [0.5, 0.6) is 5.75 Å². The quantitative estimate of drug-likeness (QED) is 0.377. The fourth-order valence-electron chi connectivity index (χ4n) is 3.62. The van der Waals surface area contributed by atoms with Gasteiger partial charge in [-0.3, -0.25) is 14.4 Å². The average Bonchev–Trinajstić information content (AvgIpc) is 3.34. The second kappa shape index (κ2) is 8.30. The summed E-state index contributed by atoms with van der Waals surface area (Å²) < 4.78 is 20.4. The maximum Gasteiger partial charge on any atom is 0.329 e. The largest absolute Gasteiger partial charge is 0.497 e. The molecule has 2 atom stereocenters. The Balaban J connectivity index is 2.71. The molecule has 0 amide bonds. The van der Waals surface area contributed by atoms with Crippen molar-refractivity contribution in [2.75, 3.05) is 26.9 Å². The Morgan fingerprint density at radius 3 is 1.79 bits per heavy atom. The van der Waals surface area contributed by atoms with Crippen molar-refractivity contribution in [2.45, 2.75) is 26.7 Å². The third kappa shape index (κ3) is 2.87. The summed E-state index contributed by atoms with van der Waals surface area (Å²) in [6.45, 7) is 4.64. The van der Waals surface area contributed by atoms with Crippen molar-refractivity contribution in [1.82, 2.24) is 0 Å². The van der Waals surface area contributed by atoms with Gasteiger partial charge in [0.25, 0.3) is 0 Å². The van der Waals surface area contributed by atoms with Crippen molar-refractivity contribution in [3.8, 4) is 11.8 Å². The number of esters is 3. The average molecular weight is 389 g/mol. The molecule has 2 rings (SSSR count). The van der Waals surface area contributed by atoms with Crippen LogP contribution in [0.4, 0.5) is 0 Å². The van der Waals surface area contributed by atoms with Gasteiger partial charge in [0.05, 0.1) is 33.0 Å². The van der Waals surface area contributed by atoms with Gasteiger partial charge in [-0.05, 0) is 38.5 Å². The molecule has 1 aromatic carbocycles. The molecule has 0 saturated heterocycles. The van der Waals surface area contributed by atoms with Crippen molar-refractivity contribution in [2.24, 2.45) is 10.8 Å². The van der Waals surface area contributed by atoms with Gasteiger partial charge in [-0.25, -0.2) is 0 Å². The van der Waals surface area contributed by atoms with Gasteiger partial charge in [0.15, 0.2) is 5.41 Å².